The third kappa shape index (κ3) is 1.78. The van der Waals surface area contributed by atoms with Crippen molar-refractivity contribution in [2.45, 2.75) is 71.3 Å². The fraction of sp³-hybridized carbons (Fsp3) is 0.842. The maximum atomic E-state index is 10.0. The van der Waals surface area contributed by atoms with Crippen molar-refractivity contribution in [1.29, 1.82) is 5.41 Å². The highest BCUT2D eigenvalue weighted by Crippen LogP contribution is 2.63. The van der Waals surface area contributed by atoms with E-state index in [-0.39, 0.29) is 11.5 Å². The van der Waals surface area contributed by atoms with Crippen LogP contribution in [-0.2, 0) is 0 Å². The van der Waals surface area contributed by atoms with E-state index in [9.17, 15) is 5.11 Å². The molecule has 4 aliphatic rings. The molecule has 4 aliphatic carbocycles. The van der Waals surface area contributed by atoms with Gasteiger partial charge >= 0.3 is 0 Å². The third-order valence-electron chi connectivity index (χ3n) is 7.86. The first-order valence-corrected chi connectivity index (χ1v) is 8.90. The zero-order valence-electron chi connectivity index (χ0n) is 13.5. The SMILES string of the molecule is C[C@]12CC[C@H](O)CC1=CCC1C2CC[C@]2(C)C(=N)CCC12. The Balaban J connectivity index is 1.69. The lowest BCUT2D eigenvalue weighted by Gasteiger charge is -2.57. The highest BCUT2D eigenvalue weighted by Gasteiger charge is 2.57. The molecule has 21 heavy (non-hydrogen) atoms. The van der Waals surface area contributed by atoms with Crippen LogP contribution in [0.4, 0.5) is 0 Å². The predicted molar refractivity (Wildman–Crippen MR) is 85.4 cm³/mol. The molecule has 0 amide bonds. The zero-order valence-corrected chi connectivity index (χ0v) is 13.5. The largest absolute Gasteiger partial charge is 0.393 e. The molecular weight excluding hydrogens is 258 g/mol. The maximum Gasteiger partial charge on any atom is 0.0577 e. The second-order valence-electron chi connectivity index (χ2n) is 8.63. The summed E-state index contributed by atoms with van der Waals surface area (Å²) in [4.78, 5) is 0. The molecule has 0 radical (unpaired) electrons. The van der Waals surface area contributed by atoms with Crippen LogP contribution < -0.4 is 0 Å². The van der Waals surface area contributed by atoms with E-state index in [1.54, 1.807) is 5.57 Å². The Morgan fingerprint density at radius 3 is 2.62 bits per heavy atom. The Morgan fingerprint density at radius 1 is 1.10 bits per heavy atom. The number of fused-ring (bicyclic) bond motifs is 5. The molecule has 0 spiro atoms. The Kier molecular flexibility index (Phi) is 2.96. The molecule has 3 unspecified atom stereocenters. The summed E-state index contributed by atoms with van der Waals surface area (Å²) in [6.45, 7) is 4.85. The average Bonchev–Trinajstić information content (AvgIpc) is 2.76. The number of aliphatic hydroxyl groups is 1. The van der Waals surface area contributed by atoms with Crippen molar-refractivity contribution in [3.63, 3.8) is 0 Å². The first-order valence-electron chi connectivity index (χ1n) is 8.90. The molecule has 6 atom stereocenters. The predicted octanol–water partition coefficient (Wildman–Crippen LogP) is 4.33. The molecule has 3 fully saturated rings. The van der Waals surface area contributed by atoms with E-state index in [0.29, 0.717) is 5.41 Å². The smallest absolute Gasteiger partial charge is 0.0577 e. The lowest BCUT2D eigenvalue weighted by Crippen LogP contribution is -2.50. The van der Waals surface area contributed by atoms with Gasteiger partial charge < -0.3 is 10.5 Å². The fourth-order valence-electron chi connectivity index (χ4n) is 6.45. The molecular formula is C19H29NO. The van der Waals surface area contributed by atoms with Gasteiger partial charge in [0.15, 0.2) is 0 Å². The minimum atomic E-state index is -0.102. The molecule has 4 rings (SSSR count). The molecule has 2 N–H and O–H groups in total. The summed E-state index contributed by atoms with van der Waals surface area (Å²) < 4.78 is 0. The third-order valence-corrected chi connectivity index (χ3v) is 7.86. The molecule has 2 heteroatoms. The van der Waals surface area contributed by atoms with Gasteiger partial charge in [0, 0.05) is 11.1 Å². The first kappa shape index (κ1) is 14.0. The second kappa shape index (κ2) is 4.44. The highest BCUT2D eigenvalue weighted by molar-refractivity contribution is 5.89. The Labute approximate surface area is 128 Å². The van der Waals surface area contributed by atoms with Gasteiger partial charge in [0.2, 0.25) is 0 Å². The molecule has 3 saturated carbocycles. The number of hydrogen-bond acceptors (Lipinski definition) is 2. The Morgan fingerprint density at radius 2 is 1.81 bits per heavy atom. The average molecular weight is 287 g/mol. The molecule has 0 heterocycles. The van der Waals surface area contributed by atoms with Crippen molar-refractivity contribution >= 4 is 5.71 Å². The van der Waals surface area contributed by atoms with Gasteiger partial charge in [0.1, 0.15) is 0 Å². The van der Waals surface area contributed by atoms with Gasteiger partial charge in [-0.1, -0.05) is 25.5 Å². The van der Waals surface area contributed by atoms with Crippen molar-refractivity contribution in [3.8, 4) is 0 Å². The molecule has 116 valence electrons. The van der Waals surface area contributed by atoms with Crippen LogP contribution in [0.15, 0.2) is 11.6 Å². The summed E-state index contributed by atoms with van der Waals surface area (Å²) in [5, 5.41) is 18.4. The minimum absolute atomic E-state index is 0.102. The number of aliphatic hydroxyl groups excluding tert-OH is 1. The van der Waals surface area contributed by atoms with Crippen molar-refractivity contribution in [2.24, 2.45) is 28.6 Å². The maximum absolute atomic E-state index is 10.0. The van der Waals surface area contributed by atoms with Gasteiger partial charge in [0.05, 0.1) is 6.10 Å². The molecule has 0 bridgehead atoms. The minimum Gasteiger partial charge on any atom is -0.393 e. The molecule has 2 nitrogen and oxygen atoms in total. The second-order valence-corrected chi connectivity index (χ2v) is 8.63. The van der Waals surface area contributed by atoms with E-state index in [2.05, 4.69) is 19.9 Å². The van der Waals surface area contributed by atoms with Crippen LogP contribution in [-0.4, -0.2) is 16.9 Å². The first-order chi connectivity index (χ1) is 9.95. The fourth-order valence-corrected chi connectivity index (χ4v) is 6.45. The number of hydrogen-bond donors (Lipinski definition) is 2. The van der Waals surface area contributed by atoms with Crippen LogP contribution in [0.2, 0.25) is 0 Å². The normalized spacial score (nSPS) is 52.7. The van der Waals surface area contributed by atoms with E-state index in [4.69, 9.17) is 5.41 Å². The number of nitrogens with one attached hydrogen (secondary N) is 1. The van der Waals surface area contributed by atoms with E-state index < -0.39 is 0 Å². The van der Waals surface area contributed by atoms with Crippen LogP contribution >= 0.6 is 0 Å². The van der Waals surface area contributed by atoms with Gasteiger partial charge in [-0.2, -0.15) is 0 Å². The molecule has 0 aliphatic heterocycles. The lowest BCUT2D eigenvalue weighted by molar-refractivity contribution is -0.0210. The molecule has 0 aromatic heterocycles. The summed E-state index contributed by atoms with van der Waals surface area (Å²) in [6, 6.07) is 0. The zero-order chi connectivity index (χ0) is 14.8. The van der Waals surface area contributed by atoms with Crippen LogP contribution in [0.5, 0.6) is 0 Å². The lowest BCUT2D eigenvalue weighted by atomic mass is 9.48. The molecule has 0 aromatic carbocycles. The van der Waals surface area contributed by atoms with Crippen LogP contribution in [0.1, 0.15) is 65.2 Å². The quantitative estimate of drug-likeness (QED) is 0.640. The monoisotopic (exact) mass is 287 g/mol. The molecule has 0 saturated heterocycles. The van der Waals surface area contributed by atoms with Crippen molar-refractivity contribution in [1.82, 2.24) is 0 Å². The summed E-state index contributed by atoms with van der Waals surface area (Å²) in [5.74, 6) is 2.33. The van der Waals surface area contributed by atoms with E-state index >= 15 is 0 Å². The van der Waals surface area contributed by atoms with Crippen LogP contribution in [0.25, 0.3) is 0 Å². The van der Waals surface area contributed by atoms with E-state index in [0.717, 1.165) is 42.7 Å². The number of rotatable bonds is 0. The van der Waals surface area contributed by atoms with Crippen molar-refractivity contribution in [3.05, 3.63) is 11.6 Å². The summed E-state index contributed by atoms with van der Waals surface area (Å²) in [5.41, 5.74) is 3.13. The van der Waals surface area contributed by atoms with Crippen molar-refractivity contribution in [2.75, 3.05) is 0 Å². The molecule has 0 aromatic rings. The Bertz CT molecular complexity index is 510. The Hall–Kier alpha value is -0.630. The van der Waals surface area contributed by atoms with Gasteiger partial charge in [-0.25, -0.2) is 0 Å². The van der Waals surface area contributed by atoms with Gasteiger partial charge in [-0.05, 0) is 74.5 Å². The van der Waals surface area contributed by atoms with Gasteiger partial charge in [0.25, 0.3) is 0 Å². The summed E-state index contributed by atoms with van der Waals surface area (Å²) in [7, 11) is 0. The standard InChI is InChI=1S/C19H29NO/c1-18-9-7-13(21)11-12(18)3-4-14-15-5-6-17(20)19(15,2)10-8-16(14)18/h3,13-16,20-21H,4-11H2,1-2H3/t13-,14?,15?,16?,18-,19-/m0/s1. The number of allylic oxidation sites excluding steroid dienone is 1. The summed E-state index contributed by atoms with van der Waals surface area (Å²) >= 11 is 0. The summed E-state index contributed by atoms with van der Waals surface area (Å²) in [6.07, 6.45) is 11.5. The van der Waals surface area contributed by atoms with Crippen molar-refractivity contribution < 1.29 is 5.11 Å². The van der Waals surface area contributed by atoms with E-state index in [1.165, 1.54) is 32.1 Å². The van der Waals surface area contributed by atoms with Crippen LogP contribution in [0.3, 0.4) is 0 Å². The topological polar surface area (TPSA) is 44.1 Å². The van der Waals surface area contributed by atoms with Gasteiger partial charge in [-0.15, -0.1) is 0 Å². The van der Waals surface area contributed by atoms with Gasteiger partial charge in [-0.3, -0.25) is 0 Å². The van der Waals surface area contributed by atoms with Crippen LogP contribution in [0, 0.1) is 34.0 Å². The van der Waals surface area contributed by atoms with E-state index in [1.807, 2.05) is 0 Å². The highest BCUT2D eigenvalue weighted by atomic mass is 16.3.